The van der Waals surface area contributed by atoms with Crippen LogP contribution in [0.1, 0.15) is 36.9 Å². The SMILES string of the molecule is CCCCOCC(NC)c1cc(C)ccc1OC. The maximum absolute atomic E-state index is 5.70. The molecule has 0 fully saturated rings. The molecule has 3 nitrogen and oxygen atoms in total. The second-order valence-electron chi connectivity index (χ2n) is 4.52. The molecule has 0 amide bonds. The van der Waals surface area contributed by atoms with Crippen molar-refractivity contribution in [3.05, 3.63) is 29.3 Å². The maximum Gasteiger partial charge on any atom is 0.123 e. The number of methoxy groups -OCH3 is 1. The minimum atomic E-state index is 0.178. The highest BCUT2D eigenvalue weighted by Crippen LogP contribution is 2.26. The summed E-state index contributed by atoms with van der Waals surface area (Å²) >= 11 is 0. The Kier molecular flexibility index (Phi) is 6.76. The van der Waals surface area contributed by atoms with E-state index in [-0.39, 0.29) is 6.04 Å². The molecule has 102 valence electrons. The molecule has 0 aliphatic heterocycles. The Hall–Kier alpha value is -1.06. The Morgan fingerprint density at radius 1 is 1.33 bits per heavy atom. The minimum Gasteiger partial charge on any atom is -0.496 e. The molecule has 1 atom stereocenters. The average molecular weight is 251 g/mol. The fraction of sp³-hybridized carbons (Fsp3) is 0.600. The van der Waals surface area contributed by atoms with Crippen molar-refractivity contribution in [1.29, 1.82) is 0 Å². The zero-order valence-electron chi connectivity index (χ0n) is 12.0. The van der Waals surface area contributed by atoms with Crippen molar-refractivity contribution in [3.63, 3.8) is 0 Å². The van der Waals surface area contributed by atoms with Crippen LogP contribution in [0.15, 0.2) is 18.2 Å². The van der Waals surface area contributed by atoms with Crippen LogP contribution >= 0.6 is 0 Å². The number of ether oxygens (including phenoxy) is 2. The summed E-state index contributed by atoms with van der Waals surface area (Å²) < 4.78 is 11.1. The van der Waals surface area contributed by atoms with E-state index in [9.17, 15) is 0 Å². The number of benzene rings is 1. The first-order valence-electron chi connectivity index (χ1n) is 6.62. The molecule has 0 bridgehead atoms. The van der Waals surface area contributed by atoms with Crippen LogP contribution in [-0.4, -0.2) is 27.4 Å². The minimum absolute atomic E-state index is 0.178. The summed E-state index contributed by atoms with van der Waals surface area (Å²) in [5, 5.41) is 3.29. The topological polar surface area (TPSA) is 30.5 Å². The van der Waals surface area contributed by atoms with E-state index in [2.05, 4.69) is 31.3 Å². The number of hydrogen-bond donors (Lipinski definition) is 1. The van der Waals surface area contributed by atoms with Crippen molar-refractivity contribution >= 4 is 0 Å². The molecule has 18 heavy (non-hydrogen) atoms. The maximum atomic E-state index is 5.70. The van der Waals surface area contributed by atoms with Gasteiger partial charge in [-0.25, -0.2) is 0 Å². The Labute approximate surface area is 110 Å². The van der Waals surface area contributed by atoms with E-state index < -0.39 is 0 Å². The van der Waals surface area contributed by atoms with Gasteiger partial charge in [-0.15, -0.1) is 0 Å². The lowest BCUT2D eigenvalue weighted by Crippen LogP contribution is -2.22. The molecule has 0 saturated heterocycles. The van der Waals surface area contributed by atoms with Crippen molar-refractivity contribution in [2.75, 3.05) is 27.4 Å². The molecule has 1 aromatic rings. The van der Waals surface area contributed by atoms with E-state index in [1.165, 1.54) is 5.56 Å². The Morgan fingerprint density at radius 3 is 2.72 bits per heavy atom. The quantitative estimate of drug-likeness (QED) is 0.720. The second-order valence-corrected chi connectivity index (χ2v) is 4.52. The van der Waals surface area contributed by atoms with Crippen molar-refractivity contribution in [2.24, 2.45) is 0 Å². The van der Waals surface area contributed by atoms with Gasteiger partial charge in [0, 0.05) is 12.2 Å². The molecule has 0 radical (unpaired) electrons. The molecule has 1 unspecified atom stereocenters. The van der Waals surface area contributed by atoms with E-state index in [4.69, 9.17) is 9.47 Å². The van der Waals surface area contributed by atoms with Crippen LogP contribution in [0.2, 0.25) is 0 Å². The highest BCUT2D eigenvalue weighted by Gasteiger charge is 2.14. The zero-order valence-corrected chi connectivity index (χ0v) is 12.0. The smallest absolute Gasteiger partial charge is 0.123 e. The summed E-state index contributed by atoms with van der Waals surface area (Å²) in [4.78, 5) is 0. The molecule has 0 aromatic heterocycles. The molecule has 0 heterocycles. The van der Waals surface area contributed by atoms with Gasteiger partial charge in [0.05, 0.1) is 19.8 Å². The van der Waals surface area contributed by atoms with Gasteiger partial charge in [0.2, 0.25) is 0 Å². The summed E-state index contributed by atoms with van der Waals surface area (Å²) in [6.07, 6.45) is 2.28. The van der Waals surface area contributed by atoms with Gasteiger partial charge in [0.15, 0.2) is 0 Å². The summed E-state index contributed by atoms with van der Waals surface area (Å²) in [7, 11) is 3.66. The molecule has 0 aliphatic carbocycles. The van der Waals surface area contributed by atoms with Crippen LogP contribution < -0.4 is 10.1 Å². The van der Waals surface area contributed by atoms with Crippen LogP contribution in [0.3, 0.4) is 0 Å². The number of aryl methyl sites for hydroxylation is 1. The Morgan fingerprint density at radius 2 is 2.11 bits per heavy atom. The van der Waals surface area contributed by atoms with Crippen molar-refractivity contribution < 1.29 is 9.47 Å². The van der Waals surface area contributed by atoms with Gasteiger partial charge in [-0.3, -0.25) is 0 Å². The van der Waals surface area contributed by atoms with Crippen LogP contribution in [0.5, 0.6) is 5.75 Å². The van der Waals surface area contributed by atoms with Gasteiger partial charge in [-0.2, -0.15) is 0 Å². The van der Waals surface area contributed by atoms with Crippen molar-refractivity contribution in [3.8, 4) is 5.75 Å². The first-order chi connectivity index (χ1) is 8.72. The van der Waals surface area contributed by atoms with Gasteiger partial charge in [0.25, 0.3) is 0 Å². The van der Waals surface area contributed by atoms with Crippen LogP contribution in [0.25, 0.3) is 0 Å². The number of likely N-dealkylation sites (N-methyl/N-ethyl adjacent to an activating group) is 1. The van der Waals surface area contributed by atoms with E-state index in [1.807, 2.05) is 13.1 Å². The van der Waals surface area contributed by atoms with E-state index in [0.29, 0.717) is 6.61 Å². The van der Waals surface area contributed by atoms with Crippen molar-refractivity contribution in [1.82, 2.24) is 5.32 Å². The fourth-order valence-electron chi connectivity index (χ4n) is 1.90. The molecule has 1 rings (SSSR count). The van der Waals surface area contributed by atoms with Gasteiger partial charge in [0.1, 0.15) is 5.75 Å². The third-order valence-electron chi connectivity index (χ3n) is 3.04. The van der Waals surface area contributed by atoms with Gasteiger partial charge in [-0.1, -0.05) is 31.0 Å². The molecular formula is C15H25NO2. The van der Waals surface area contributed by atoms with Gasteiger partial charge < -0.3 is 14.8 Å². The lowest BCUT2D eigenvalue weighted by molar-refractivity contribution is 0.110. The summed E-state index contributed by atoms with van der Waals surface area (Å²) in [5.41, 5.74) is 2.40. The molecule has 1 aromatic carbocycles. The normalized spacial score (nSPS) is 12.4. The molecule has 0 saturated carbocycles. The first-order valence-corrected chi connectivity index (χ1v) is 6.62. The second kappa shape index (κ2) is 8.11. The summed E-state index contributed by atoms with van der Waals surface area (Å²) in [5.74, 6) is 0.916. The monoisotopic (exact) mass is 251 g/mol. The molecule has 0 spiro atoms. The number of rotatable bonds is 8. The van der Waals surface area contributed by atoms with Crippen molar-refractivity contribution in [2.45, 2.75) is 32.7 Å². The lowest BCUT2D eigenvalue weighted by Gasteiger charge is -2.20. The first kappa shape index (κ1) is 15.0. The fourth-order valence-corrected chi connectivity index (χ4v) is 1.90. The Bertz CT molecular complexity index is 352. The predicted octanol–water partition coefficient (Wildman–Crippen LogP) is 3.08. The third-order valence-corrected chi connectivity index (χ3v) is 3.04. The molecule has 0 aliphatic rings. The third kappa shape index (κ3) is 4.31. The van der Waals surface area contributed by atoms with E-state index in [0.717, 1.165) is 30.8 Å². The molecule has 3 heteroatoms. The van der Waals surface area contributed by atoms with E-state index in [1.54, 1.807) is 7.11 Å². The predicted molar refractivity (Wildman–Crippen MR) is 75.3 cm³/mol. The number of nitrogens with one attached hydrogen (secondary N) is 1. The number of unbranched alkanes of at least 4 members (excludes halogenated alkanes) is 1. The Balaban J connectivity index is 2.71. The number of hydrogen-bond acceptors (Lipinski definition) is 3. The molecular weight excluding hydrogens is 226 g/mol. The van der Waals surface area contributed by atoms with Crippen LogP contribution in [-0.2, 0) is 4.74 Å². The highest BCUT2D eigenvalue weighted by molar-refractivity contribution is 5.39. The van der Waals surface area contributed by atoms with Gasteiger partial charge in [-0.05, 0) is 26.5 Å². The largest absolute Gasteiger partial charge is 0.496 e. The average Bonchev–Trinajstić information content (AvgIpc) is 2.39. The zero-order chi connectivity index (χ0) is 13.4. The van der Waals surface area contributed by atoms with E-state index >= 15 is 0 Å². The standard InChI is InChI=1S/C15H25NO2/c1-5-6-9-18-11-14(16-3)13-10-12(2)7-8-15(13)17-4/h7-8,10,14,16H,5-6,9,11H2,1-4H3. The van der Waals surface area contributed by atoms with Crippen LogP contribution in [0.4, 0.5) is 0 Å². The molecule has 1 N–H and O–H groups in total. The highest BCUT2D eigenvalue weighted by atomic mass is 16.5. The lowest BCUT2D eigenvalue weighted by atomic mass is 10.0. The summed E-state index contributed by atoms with van der Waals surface area (Å²) in [6.45, 7) is 5.76. The van der Waals surface area contributed by atoms with Gasteiger partial charge >= 0.3 is 0 Å². The van der Waals surface area contributed by atoms with Crippen LogP contribution in [0, 0.1) is 6.92 Å². The summed E-state index contributed by atoms with van der Waals surface area (Å²) in [6, 6.07) is 6.41.